The lowest BCUT2D eigenvalue weighted by atomic mass is 9.90. The van der Waals surface area contributed by atoms with E-state index in [9.17, 15) is 4.79 Å². The number of methoxy groups -OCH3 is 1. The lowest BCUT2D eigenvalue weighted by Crippen LogP contribution is -2.41. The van der Waals surface area contributed by atoms with Crippen LogP contribution >= 0.6 is 23.0 Å². The number of hydrogen-bond acceptors (Lipinski definition) is 5. The first-order chi connectivity index (χ1) is 15.2. The number of esters is 1. The number of aromatic nitrogens is 1. The van der Waals surface area contributed by atoms with Crippen molar-refractivity contribution < 1.29 is 12.6 Å². The van der Waals surface area contributed by atoms with Crippen molar-refractivity contribution in [2.75, 3.05) is 46.2 Å². The van der Waals surface area contributed by atoms with Gasteiger partial charge in [-0.15, -0.1) is 0 Å². The van der Waals surface area contributed by atoms with Crippen molar-refractivity contribution in [1.29, 1.82) is 0 Å². The molecule has 0 saturated carbocycles. The number of nitrogens with zero attached hydrogens (tertiary/aromatic N) is 2. The summed E-state index contributed by atoms with van der Waals surface area (Å²) in [6, 6.07) is 6.36. The second-order valence-corrected chi connectivity index (χ2v) is 9.49. The zero-order valence-electron chi connectivity index (χ0n) is 20.8. The second-order valence-electron chi connectivity index (χ2n) is 9.05. The SMILES string of the molecule is CCN(C)C[C@](CC)(CCCCC(C(=O)OC)c1[nH]c2ccc(N(C)C)cc2c1C)OI. The Morgan fingerprint density at radius 2 is 1.94 bits per heavy atom. The number of rotatable bonds is 13. The predicted molar refractivity (Wildman–Crippen MR) is 142 cm³/mol. The van der Waals surface area contributed by atoms with Crippen LogP contribution in [0.3, 0.4) is 0 Å². The predicted octanol–water partition coefficient (Wildman–Crippen LogP) is 5.83. The van der Waals surface area contributed by atoms with Crippen LogP contribution in [0.4, 0.5) is 5.69 Å². The highest BCUT2D eigenvalue weighted by molar-refractivity contribution is 14.1. The number of aryl methyl sites for hydroxylation is 1. The molecule has 1 unspecified atom stereocenters. The number of H-pyrrole nitrogens is 1. The van der Waals surface area contributed by atoms with Gasteiger partial charge in [0.2, 0.25) is 0 Å². The Hall–Kier alpha value is -1.32. The summed E-state index contributed by atoms with van der Waals surface area (Å²) in [5.74, 6) is -0.463. The maximum atomic E-state index is 12.7. The Bertz CT molecular complexity index is 877. The van der Waals surface area contributed by atoms with E-state index in [4.69, 9.17) is 7.80 Å². The van der Waals surface area contributed by atoms with Crippen molar-refractivity contribution in [2.24, 2.45) is 0 Å². The molecule has 1 aromatic carbocycles. The van der Waals surface area contributed by atoms with Gasteiger partial charge >= 0.3 is 5.97 Å². The Morgan fingerprint density at radius 3 is 2.50 bits per heavy atom. The molecule has 1 aromatic heterocycles. The van der Waals surface area contributed by atoms with E-state index in [1.54, 1.807) is 0 Å². The number of fused-ring (bicyclic) bond motifs is 1. The highest BCUT2D eigenvalue weighted by Crippen LogP contribution is 2.34. The van der Waals surface area contributed by atoms with Crippen LogP contribution in [0.1, 0.15) is 63.1 Å². The molecule has 7 heteroatoms. The third kappa shape index (κ3) is 6.38. The summed E-state index contributed by atoms with van der Waals surface area (Å²) in [7, 11) is 7.68. The summed E-state index contributed by atoms with van der Waals surface area (Å²) in [4.78, 5) is 20.6. The van der Waals surface area contributed by atoms with Crippen LogP contribution in [0.25, 0.3) is 10.9 Å². The van der Waals surface area contributed by atoms with E-state index in [1.807, 2.05) is 14.1 Å². The molecule has 0 amide bonds. The van der Waals surface area contributed by atoms with Gasteiger partial charge in [-0.05, 0) is 63.5 Å². The second kappa shape index (κ2) is 12.2. The van der Waals surface area contributed by atoms with Crippen molar-refractivity contribution in [3.63, 3.8) is 0 Å². The molecule has 0 aliphatic heterocycles. The molecule has 1 N–H and O–H groups in total. The van der Waals surface area contributed by atoms with Gasteiger partial charge in [-0.3, -0.25) is 4.79 Å². The number of carbonyl (C=O) groups is 1. The number of benzene rings is 1. The third-order valence-electron chi connectivity index (χ3n) is 6.71. The largest absolute Gasteiger partial charge is 0.469 e. The van der Waals surface area contributed by atoms with Gasteiger partial charge in [0.1, 0.15) is 23.0 Å². The summed E-state index contributed by atoms with van der Waals surface area (Å²) >= 11 is 2.05. The van der Waals surface area contributed by atoms with E-state index < -0.39 is 0 Å². The third-order valence-corrected chi connectivity index (χ3v) is 7.65. The first kappa shape index (κ1) is 26.9. The van der Waals surface area contributed by atoms with E-state index in [2.05, 4.69) is 83.8 Å². The average Bonchev–Trinajstić information content (AvgIpc) is 3.13. The van der Waals surface area contributed by atoms with Crippen molar-refractivity contribution in [1.82, 2.24) is 9.88 Å². The van der Waals surface area contributed by atoms with Gasteiger partial charge in [-0.2, -0.15) is 0 Å². The molecule has 2 atom stereocenters. The van der Waals surface area contributed by atoms with E-state index in [-0.39, 0.29) is 17.5 Å². The molecule has 2 aromatic rings. The van der Waals surface area contributed by atoms with Crippen LogP contribution in [0, 0.1) is 6.92 Å². The maximum absolute atomic E-state index is 12.7. The highest BCUT2D eigenvalue weighted by Gasteiger charge is 2.31. The molecular weight excluding hydrogens is 517 g/mol. The van der Waals surface area contributed by atoms with E-state index in [0.29, 0.717) is 0 Å². The molecule has 1 heterocycles. The monoisotopic (exact) mass is 557 g/mol. The number of hydrogen-bond donors (Lipinski definition) is 1. The summed E-state index contributed by atoms with van der Waals surface area (Å²) < 4.78 is 11.1. The standard InChI is InChI=1S/C25H40IN3O3/c1-8-25(32-26,17-29(6)9-2)15-11-10-12-20(24(30)31-7)23-18(3)21-16-19(28(4)5)13-14-22(21)27-23/h13-14,16,20,27H,8-12,15,17H2,1-7H3/t20?,25-/m0/s1. The zero-order valence-corrected chi connectivity index (χ0v) is 22.9. The average molecular weight is 558 g/mol. The Kier molecular flexibility index (Phi) is 10.3. The molecule has 0 spiro atoms. The van der Waals surface area contributed by atoms with Gasteiger partial charge in [0.05, 0.1) is 18.6 Å². The number of halogens is 1. The van der Waals surface area contributed by atoms with Gasteiger partial charge in [0, 0.05) is 42.9 Å². The lowest BCUT2D eigenvalue weighted by Gasteiger charge is -2.34. The zero-order chi connectivity index (χ0) is 23.9. The fourth-order valence-electron chi connectivity index (χ4n) is 4.37. The van der Waals surface area contributed by atoms with Crippen LogP contribution in [0.15, 0.2) is 18.2 Å². The molecule has 32 heavy (non-hydrogen) atoms. The van der Waals surface area contributed by atoms with E-state index in [1.165, 1.54) is 7.11 Å². The quantitative estimate of drug-likeness (QED) is 0.191. The molecule has 0 radical (unpaired) electrons. The van der Waals surface area contributed by atoms with Gasteiger partial charge in [0.25, 0.3) is 0 Å². The topological polar surface area (TPSA) is 57.8 Å². The van der Waals surface area contributed by atoms with Gasteiger partial charge in [-0.25, -0.2) is 0 Å². The smallest absolute Gasteiger partial charge is 0.314 e. The normalized spacial score (nSPS) is 14.5. The molecule has 2 rings (SSSR count). The first-order valence-corrected chi connectivity index (χ1v) is 12.5. The molecule has 0 aliphatic rings. The first-order valence-electron chi connectivity index (χ1n) is 11.6. The number of likely N-dealkylation sites (N-methyl/N-ethyl adjacent to an activating group) is 1. The number of unbranched alkanes of at least 4 members (excludes halogenated alkanes) is 1. The van der Waals surface area contributed by atoms with Crippen LogP contribution in [-0.4, -0.2) is 62.8 Å². The Morgan fingerprint density at radius 1 is 1.22 bits per heavy atom. The summed E-state index contributed by atoms with van der Waals surface area (Å²) in [5, 5.41) is 1.16. The Balaban J connectivity index is 2.16. The lowest BCUT2D eigenvalue weighted by molar-refractivity contribution is -0.142. The van der Waals surface area contributed by atoms with Crippen LogP contribution < -0.4 is 4.90 Å². The molecule has 0 bridgehead atoms. The van der Waals surface area contributed by atoms with Crippen molar-refractivity contribution in [3.8, 4) is 0 Å². The van der Waals surface area contributed by atoms with Crippen molar-refractivity contribution in [3.05, 3.63) is 29.5 Å². The molecule has 0 aliphatic carbocycles. The van der Waals surface area contributed by atoms with Gasteiger partial charge < -0.3 is 22.6 Å². The number of ether oxygens (including phenoxy) is 1. The molecule has 180 valence electrons. The van der Waals surface area contributed by atoms with Gasteiger partial charge in [-0.1, -0.05) is 26.7 Å². The minimum absolute atomic E-state index is 0.147. The summed E-state index contributed by atoms with van der Waals surface area (Å²) in [6.45, 7) is 8.37. The fourth-order valence-corrected chi connectivity index (χ4v) is 5.04. The number of carbonyl (C=O) groups excluding carboxylic acids is 1. The number of anilines is 1. The maximum Gasteiger partial charge on any atom is 0.314 e. The van der Waals surface area contributed by atoms with Crippen molar-refractivity contribution >= 4 is 45.6 Å². The molecule has 6 nitrogen and oxygen atoms in total. The minimum atomic E-state index is -0.287. The Labute approximate surface area is 207 Å². The minimum Gasteiger partial charge on any atom is -0.469 e. The molecule has 0 fully saturated rings. The van der Waals surface area contributed by atoms with Crippen LogP contribution in [0.2, 0.25) is 0 Å². The molecule has 0 saturated heterocycles. The van der Waals surface area contributed by atoms with Crippen LogP contribution in [-0.2, 0) is 12.6 Å². The summed E-state index contributed by atoms with van der Waals surface area (Å²) in [6.07, 6.45) is 4.64. The number of aromatic amines is 1. The van der Waals surface area contributed by atoms with Crippen molar-refractivity contribution in [2.45, 2.75) is 64.4 Å². The number of nitrogens with one attached hydrogen (secondary N) is 1. The van der Waals surface area contributed by atoms with Gasteiger partial charge in [0.15, 0.2) is 0 Å². The van der Waals surface area contributed by atoms with Crippen LogP contribution in [0.5, 0.6) is 0 Å². The summed E-state index contributed by atoms with van der Waals surface area (Å²) in [5.41, 5.74) is 4.16. The highest BCUT2D eigenvalue weighted by atomic mass is 127. The van der Waals surface area contributed by atoms with E-state index >= 15 is 0 Å². The van der Waals surface area contributed by atoms with E-state index in [0.717, 1.165) is 73.0 Å². The fraction of sp³-hybridized carbons (Fsp3) is 0.640. The molecular formula is C25H40IN3O3.